The van der Waals surface area contributed by atoms with Crippen LogP contribution in [0, 0.1) is 0 Å². The van der Waals surface area contributed by atoms with E-state index in [9.17, 15) is 0 Å². The molecule has 0 aliphatic carbocycles. The molecule has 7 aromatic rings. The van der Waals surface area contributed by atoms with Gasteiger partial charge in [0.25, 0.3) is 0 Å². The van der Waals surface area contributed by atoms with Crippen molar-refractivity contribution < 1.29 is 13.7 Å². The summed E-state index contributed by atoms with van der Waals surface area (Å²) in [5.74, 6) is 0. The van der Waals surface area contributed by atoms with Crippen LogP contribution in [0.1, 0.15) is 106 Å². The van der Waals surface area contributed by atoms with Gasteiger partial charge in [0.15, 0.2) is 31.0 Å². The lowest BCUT2D eigenvalue weighted by molar-refractivity contribution is -0.671. The van der Waals surface area contributed by atoms with Crippen LogP contribution in [0.15, 0.2) is 207 Å². The van der Waals surface area contributed by atoms with E-state index in [1.165, 1.54) is 44.1 Å². The highest BCUT2D eigenvalue weighted by Gasteiger charge is 2.07. The van der Waals surface area contributed by atoms with E-state index in [0.29, 0.717) is 0 Å². The SMILES string of the molecule is CC.CC.CC.CC.CC.CC.CN1C=CCC=C1.CN1C=CCc2ccccc21.CN1C=Cc2ccccc2C1.C[n+]1ccc2ccccc2c1.C[n+]1cccc2ccccc21.C[n+]1ccccc1. The van der Waals surface area contributed by atoms with Crippen molar-refractivity contribution in [2.45, 2.75) is 102 Å². The van der Waals surface area contributed by atoms with E-state index in [1.54, 1.807) is 0 Å². The largest absolute Gasteiger partial charge is 0.376 e. The van der Waals surface area contributed by atoms with Gasteiger partial charge in [0.05, 0.1) is 0 Å². The summed E-state index contributed by atoms with van der Waals surface area (Å²) >= 11 is 0. The predicted molar refractivity (Wildman–Crippen MR) is 311 cm³/mol. The molecule has 0 bridgehead atoms. The fourth-order valence-corrected chi connectivity index (χ4v) is 6.43. The lowest BCUT2D eigenvalue weighted by atomic mass is 10.1. The van der Waals surface area contributed by atoms with Crippen LogP contribution in [0.2, 0.25) is 0 Å². The van der Waals surface area contributed by atoms with Gasteiger partial charge < -0.3 is 14.7 Å². The van der Waals surface area contributed by atoms with Crippen molar-refractivity contribution >= 4 is 33.4 Å². The van der Waals surface area contributed by atoms with Gasteiger partial charge in [-0.2, -0.15) is 0 Å². The Balaban J connectivity index is 0. The Bertz CT molecular complexity index is 2410. The Labute approximate surface area is 428 Å². The molecule has 3 aromatic heterocycles. The minimum Gasteiger partial charge on any atom is -0.376 e. The van der Waals surface area contributed by atoms with Crippen molar-refractivity contribution in [3.8, 4) is 0 Å². The van der Waals surface area contributed by atoms with Gasteiger partial charge in [0.1, 0.15) is 21.1 Å². The zero-order valence-electron chi connectivity index (χ0n) is 47.0. The number of aryl methyl sites for hydroxylation is 3. The molecule has 378 valence electrons. The van der Waals surface area contributed by atoms with Crippen LogP contribution in [-0.2, 0) is 34.1 Å². The van der Waals surface area contributed by atoms with E-state index < -0.39 is 0 Å². The highest BCUT2D eigenvalue weighted by atomic mass is 15.1. The molecule has 0 fully saturated rings. The molecule has 0 amide bonds. The number of fused-ring (bicyclic) bond motifs is 4. The molecular formula is C64H95N6+3. The minimum atomic E-state index is 1.03. The van der Waals surface area contributed by atoms with Crippen LogP contribution in [0.25, 0.3) is 27.8 Å². The van der Waals surface area contributed by atoms with Crippen molar-refractivity contribution in [2.24, 2.45) is 21.1 Å². The predicted octanol–water partition coefficient (Wildman–Crippen LogP) is 15.6. The van der Waals surface area contributed by atoms with Gasteiger partial charge >= 0.3 is 0 Å². The number of hydrogen-bond acceptors (Lipinski definition) is 3. The zero-order valence-corrected chi connectivity index (χ0v) is 47.0. The second kappa shape index (κ2) is 43.5. The zero-order chi connectivity index (χ0) is 53.0. The molecule has 0 saturated carbocycles. The molecule has 6 heteroatoms. The Morgan fingerprint density at radius 1 is 0.414 bits per heavy atom. The molecule has 70 heavy (non-hydrogen) atoms. The van der Waals surface area contributed by atoms with Gasteiger partial charge in [0, 0.05) is 80.7 Å². The number of anilines is 1. The third kappa shape index (κ3) is 26.7. The van der Waals surface area contributed by atoms with Gasteiger partial charge in [-0.3, -0.25) is 0 Å². The molecule has 3 aliphatic heterocycles. The second-order valence-corrected chi connectivity index (χ2v) is 14.4. The summed E-state index contributed by atoms with van der Waals surface area (Å²) in [4.78, 5) is 6.37. The maximum atomic E-state index is 2.18. The summed E-state index contributed by atoms with van der Waals surface area (Å²) < 4.78 is 6.18. The highest BCUT2D eigenvalue weighted by Crippen LogP contribution is 2.23. The number of pyridine rings is 3. The number of benzene rings is 4. The van der Waals surface area contributed by atoms with Crippen molar-refractivity contribution in [1.29, 1.82) is 0 Å². The van der Waals surface area contributed by atoms with E-state index in [1.807, 2.05) is 144 Å². The van der Waals surface area contributed by atoms with Crippen LogP contribution in [-0.4, -0.2) is 30.9 Å². The monoisotopic (exact) mass is 948 g/mol. The highest BCUT2D eigenvalue weighted by molar-refractivity contribution is 5.80. The molecule has 0 atom stereocenters. The van der Waals surface area contributed by atoms with Gasteiger partial charge in [-0.25, -0.2) is 13.7 Å². The van der Waals surface area contributed by atoms with Gasteiger partial charge in [-0.15, -0.1) is 0 Å². The number of rotatable bonds is 0. The molecule has 0 radical (unpaired) electrons. The van der Waals surface area contributed by atoms with E-state index in [0.717, 1.165) is 19.4 Å². The summed E-state index contributed by atoms with van der Waals surface area (Å²) in [5, 5.41) is 3.88. The molecule has 0 N–H and O–H groups in total. The van der Waals surface area contributed by atoms with Crippen molar-refractivity contribution in [2.75, 3.05) is 26.0 Å². The molecule has 0 unspecified atom stereocenters. The number of allylic oxidation sites excluding steroid dienone is 3. The quantitative estimate of drug-likeness (QED) is 0.141. The third-order valence-electron chi connectivity index (χ3n) is 9.57. The number of nitrogens with zero attached hydrogens (tertiary/aromatic N) is 6. The molecule has 3 aliphatic rings. The number of para-hydroxylation sites is 2. The molecule has 6 heterocycles. The van der Waals surface area contributed by atoms with E-state index in [4.69, 9.17) is 0 Å². The molecular weight excluding hydrogens is 853 g/mol. The maximum Gasteiger partial charge on any atom is 0.212 e. The maximum absolute atomic E-state index is 2.18. The van der Waals surface area contributed by atoms with Gasteiger partial charge in [-0.05, 0) is 83.9 Å². The second-order valence-electron chi connectivity index (χ2n) is 14.4. The van der Waals surface area contributed by atoms with E-state index in [-0.39, 0.29) is 0 Å². The first-order valence-electron chi connectivity index (χ1n) is 25.8. The van der Waals surface area contributed by atoms with Crippen molar-refractivity contribution in [1.82, 2.24) is 9.80 Å². The summed E-state index contributed by atoms with van der Waals surface area (Å²) in [6.45, 7) is 25.0. The molecule has 6 nitrogen and oxygen atoms in total. The van der Waals surface area contributed by atoms with Crippen LogP contribution in [0.3, 0.4) is 0 Å². The van der Waals surface area contributed by atoms with Crippen molar-refractivity contribution in [3.05, 3.63) is 224 Å². The molecule has 4 aromatic carbocycles. The van der Waals surface area contributed by atoms with E-state index >= 15 is 0 Å². The van der Waals surface area contributed by atoms with Gasteiger partial charge in [0.2, 0.25) is 5.52 Å². The Hall–Kier alpha value is -6.79. The van der Waals surface area contributed by atoms with Crippen LogP contribution < -0.4 is 18.6 Å². The Kier molecular flexibility index (Phi) is 40.6. The van der Waals surface area contributed by atoms with Crippen LogP contribution in [0.5, 0.6) is 0 Å². The Morgan fingerprint density at radius 2 is 0.943 bits per heavy atom. The molecule has 0 saturated heterocycles. The normalized spacial score (nSPS) is 11.1. The first-order valence-corrected chi connectivity index (χ1v) is 25.8. The standard InChI is InChI=1S/C10H11N.C10H10N.C10H11N.C10H10N.C6H9N.C6H8N.6C2H6/c2*1-11-8-4-6-9-5-2-3-7-10(9)11;2*1-11-7-6-9-4-2-3-5-10(9)8-11;2*1-7-5-3-2-4-6-7;6*1-2/h2-5,7-8H,6H2,1H3;2-8H,1H3;2-7H,8H2,1H3;2-8H,1H3;3-6H,2H2,1H3;2-6H,1H3;6*1-2H3/q;+1;;+1;;+1;;;;;;. The minimum absolute atomic E-state index is 1.03. The topological polar surface area (TPSA) is 21.4 Å². The molecule has 0 spiro atoms. The summed E-state index contributed by atoms with van der Waals surface area (Å²) in [6, 6.07) is 46.0. The third-order valence-corrected chi connectivity index (χ3v) is 9.57. The van der Waals surface area contributed by atoms with Crippen LogP contribution >= 0.6 is 0 Å². The number of aromatic nitrogens is 3. The smallest absolute Gasteiger partial charge is 0.212 e. The number of hydrogen-bond donors (Lipinski definition) is 0. The fraction of sp³-hybridized carbons (Fsp3) is 0.328. The summed E-state index contributed by atoms with van der Waals surface area (Å²) in [7, 11) is 12.3. The first kappa shape index (κ1) is 65.3. The molecule has 10 rings (SSSR count). The fourth-order valence-electron chi connectivity index (χ4n) is 6.43. The average molecular weight is 949 g/mol. The lowest BCUT2D eigenvalue weighted by Gasteiger charge is -2.21. The Morgan fingerprint density at radius 3 is 1.50 bits per heavy atom. The van der Waals surface area contributed by atoms with Crippen LogP contribution in [0.4, 0.5) is 5.69 Å². The summed E-state index contributed by atoms with van der Waals surface area (Å²) in [6.07, 6.45) is 29.3. The van der Waals surface area contributed by atoms with Crippen molar-refractivity contribution in [3.63, 3.8) is 0 Å². The average Bonchev–Trinajstić information content (AvgIpc) is 3.44. The summed E-state index contributed by atoms with van der Waals surface area (Å²) in [5.41, 5.74) is 6.78. The van der Waals surface area contributed by atoms with Gasteiger partial charge in [-0.1, -0.05) is 180 Å². The first-order chi connectivity index (χ1) is 34.3. The lowest BCUT2D eigenvalue weighted by Crippen LogP contribution is -2.27. The van der Waals surface area contributed by atoms with E-state index in [2.05, 4.69) is 223 Å².